The number of halogens is 1. The molecule has 4 nitrogen and oxygen atoms in total. The fourth-order valence-corrected chi connectivity index (χ4v) is 2.64. The van der Waals surface area contributed by atoms with Crippen LogP contribution in [-0.4, -0.2) is 41.6 Å². The fourth-order valence-electron chi connectivity index (χ4n) is 2.32. The Morgan fingerprint density at radius 3 is 2.53 bits per heavy atom. The number of hydrogen-bond donors (Lipinski definition) is 3. The van der Waals surface area contributed by atoms with E-state index in [0.717, 1.165) is 17.8 Å². The van der Waals surface area contributed by atoms with Gasteiger partial charge in [0.2, 0.25) is 0 Å². The van der Waals surface area contributed by atoms with E-state index in [0.29, 0.717) is 24.2 Å². The van der Waals surface area contributed by atoms with E-state index in [-0.39, 0.29) is 0 Å². The summed E-state index contributed by atoms with van der Waals surface area (Å²) in [5, 5.41) is 23.4. The Bertz CT molecular complexity index is 429. The van der Waals surface area contributed by atoms with Crippen molar-refractivity contribution in [1.29, 1.82) is 0 Å². The second-order valence-electron chi connectivity index (χ2n) is 5.32. The number of rotatable bonds is 4. The topological polar surface area (TPSA) is 55.7 Å². The molecule has 0 spiro atoms. The summed E-state index contributed by atoms with van der Waals surface area (Å²) in [4.78, 5) is 1.95. The minimum Gasteiger partial charge on any atom is -0.389 e. The number of para-hydroxylation sites is 1. The maximum absolute atomic E-state index is 9.68. The van der Waals surface area contributed by atoms with Crippen LogP contribution in [0.3, 0.4) is 0 Å². The smallest absolute Gasteiger partial charge is 0.0990 e. The van der Waals surface area contributed by atoms with Crippen LogP contribution in [0.1, 0.15) is 19.4 Å². The number of β-amino-alcohol motifs (C(OH)–C–C–N with tert-alkyl or cyclic N) is 2. The van der Waals surface area contributed by atoms with Gasteiger partial charge in [-0.3, -0.25) is 0 Å². The minimum atomic E-state index is -0.706. The first-order valence-corrected chi connectivity index (χ1v) is 6.98. The van der Waals surface area contributed by atoms with Gasteiger partial charge in [0.1, 0.15) is 0 Å². The van der Waals surface area contributed by atoms with Crippen molar-refractivity contribution >= 4 is 17.3 Å². The second-order valence-corrected chi connectivity index (χ2v) is 5.73. The molecule has 1 aliphatic rings. The van der Waals surface area contributed by atoms with Gasteiger partial charge >= 0.3 is 0 Å². The van der Waals surface area contributed by atoms with Crippen molar-refractivity contribution in [2.45, 2.75) is 38.6 Å². The zero-order valence-corrected chi connectivity index (χ0v) is 12.1. The molecule has 0 bridgehead atoms. The molecule has 0 saturated carbocycles. The fraction of sp³-hybridized carbons (Fsp3) is 0.571. The molecule has 1 aromatic carbocycles. The van der Waals surface area contributed by atoms with Crippen molar-refractivity contribution in [3.63, 3.8) is 0 Å². The summed E-state index contributed by atoms with van der Waals surface area (Å²) in [6.07, 6.45) is -1.41. The van der Waals surface area contributed by atoms with E-state index in [1.54, 1.807) is 0 Å². The van der Waals surface area contributed by atoms with E-state index in [1.165, 1.54) is 0 Å². The van der Waals surface area contributed by atoms with Gasteiger partial charge in [0.25, 0.3) is 0 Å². The quantitative estimate of drug-likeness (QED) is 0.782. The number of anilines is 1. The molecule has 0 aromatic heterocycles. The monoisotopic (exact) mass is 284 g/mol. The van der Waals surface area contributed by atoms with Crippen LogP contribution in [0.4, 0.5) is 5.69 Å². The van der Waals surface area contributed by atoms with E-state index in [1.807, 2.05) is 23.1 Å². The van der Waals surface area contributed by atoms with Gasteiger partial charge in [0.15, 0.2) is 0 Å². The SMILES string of the molecule is CC(C)NCc1cccc(Cl)c1N1CC(O)C(O)C1. The number of aliphatic hydroxyl groups excluding tert-OH is 2. The highest BCUT2D eigenvalue weighted by molar-refractivity contribution is 6.33. The van der Waals surface area contributed by atoms with Gasteiger partial charge in [-0.2, -0.15) is 0 Å². The summed E-state index contributed by atoms with van der Waals surface area (Å²) in [6, 6.07) is 6.17. The molecule has 2 rings (SSSR count). The molecule has 1 saturated heterocycles. The standard InChI is InChI=1S/C14H21ClN2O2/c1-9(2)16-6-10-4-3-5-11(15)14(10)17-7-12(18)13(19)8-17/h3-5,9,12-13,16,18-19H,6-8H2,1-2H3. The molecule has 2 atom stereocenters. The predicted molar refractivity (Wildman–Crippen MR) is 77.7 cm³/mol. The first kappa shape index (κ1) is 14.6. The Labute approximate surface area is 119 Å². The van der Waals surface area contributed by atoms with Crippen molar-refractivity contribution in [3.8, 4) is 0 Å². The Morgan fingerprint density at radius 1 is 1.32 bits per heavy atom. The number of benzene rings is 1. The van der Waals surface area contributed by atoms with Crippen LogP contribution in [0.25, 0.3) is 0 Å². The van der Waals surface area contributed by atoms with Gasteiger partial charge in [0, 0.05) is 25.7 Å². The molecule has 106 valence electrons. The lowest BCUT2D eigenvalue weighted by molar-refractivity contribution is 0.0572. The van der Waals surface area contributed by atoms with Gasteiger partial charge in [-0.05, 0) is 11.6 Å². The lowest BCUT2D eigenvalue weighted by Crippen LogP contribution is -2.26. The first-order valence-electron chi connectivity index (χ1n) is 6.61. The molecule has 0 amide bonds. The van der Waals surface area contributed by atoms with E-state index in [4.69, 9.17) is 11.6 Å². The summed E-state index contributed by atoms with van der Waals surface area (Å²) in [5.41, 5.74) is 2.00. The first-order chi connectivity index (χ1) is 8.99. The van der Waals surface area contributed by atoms with E-state index in [9.17, 15) is 10.2 Å². The normalized spacial score (nSPS) is 23.4. The average molecular weight is 285 g/mol. The lowest BCUT2D eigenvalue weighted by Gasteiger charge is -2.23. The highest BCUT2D eigenvalue weighted by Crippen LogP contribution is 2.32. The number of aliphatic hydroxyl groups is 2. The van der Waals surface area contributed by atoms with E-state index >= 15 is 0 Å². The molecule has 2 unspecified atom stereocenters. The molecule has 1 heterocycles. The highest BCUT2D eigenvalue weighted by Gasteiger charge is 2.31. The Kier molecular flexibility index (Phi) is 4.68. The van der Waals surface area contributed by atoms with Crippen LogP contribution in [0.5, 0.6) is 0 Å². The molecule has 19 heavy (non-hydrogen) atoms. The Balaban J connectivity index is 2.23. The molecule has 0 radical (unpaired) electrons. The Morgan fingerprint density at radius 2 is 1.95 bits per heavy atom. The van der Waals surface area contributed by atoms with Crippen molar-refractivity contribution in [2.75, 3.05) is 18.0 Å². The molecular weight excluding hydrogens is 264 g/mol. The summed E-state index contributed by atoms with van der Waals surface area (Å²) >= 11 is 6.29. The third-order valence-corrected chi connectivity index (χ3v) is 3.65. The van der Waals surface area contributed by atoms with Crippen LogP contribution in [0.2, 0.25) is 5.02 Å². The summed E-state index contributed by atoms with van der Waals surface area (Å²) in [5.74, 6) is 0. The maximum atomic E-state index is 9.68. The summed E-state index contributed by atoms with van der Waals surface area (Å²) < 4.78 is 0. The van der Waals surface area contributed by atoms with Crippen LogP contribution in [0.15, 0.2) is 18.2 Å². The van der Waals surface area contributed by atoms with Gasteiger partial charge < -0.3 is 20.4 Å². The van der Waals surface area contributed by atoms with E-state index < -0.39 is 12.2 Å². The summed E-state index contributed by atoms with van der Waals surface area (Å²) in [7, 11) is 0. The van der Waals surface area contributed by atoms with Gasteiger partial charge in [-0.1, -0.05) is 37.6 Å². The van der Waals surface area contributed by atoms with Crippen LogP contribution in [0, 0.1) is 0 Å². The number of nitrogens with zero attached hydrogens (tertiary/aromatic N) is 1. The van der Waals surface area contributed by atoms with Crippen molar-refractivity contribution in [3.05, 3.63) is 28.8 Å². The average Bonchev–Trinajstić information content (AvgIpc) is 2.66. The zero-order chi connectivity index (χ0) is 14.0. The largest absolute Gasteiger partial charge is 0.389 e. The van der Waals surface area contributed by atoms with Crippen LogP contribution in [-0.2, 0) is 6.54 Å². The van der Waals surface area contributed by atoms with E-state index in [2.05, 4.69) is 19.2 Å². The molecule has 0 aliphatic carbocycles. The van der Waals surface area contributed by atoms with Crippen LogP contribution >= 0.6 is 11.6 Å². The molecule has 5 heteroatoms. The Hall–Kier alpha value is -0.810. The lowest BCUT2D eigenvalue weighted by atomic mass is 10.1. The zero-order valence-electron chi connectivity index (χ0n) is 11.3. The molecule has 1 aromatic rings. The number of nitrogens with one attached hydrogen (secondary N) is 1. The van der Waals surface area contributed by atoms with Gasteiger partial charge in [-0.15, -0.1) is 0 Å². The van der Waals surface area contributed by atoms with Gasteiger partial charge in [0.05, 0.1) is 22.9 Å². The number of hydrogen-bond acceptors (Lipinski definition) is 4. The van der Waals surface area contributed by atoms with Crippen molar-refractivity contribution in [2.24, 2.45) is 0 Å². The summed E-state index contributed by atoms with van der Waals surface area (Å²) in [6.45, 7) is 5.73. The third-order valence-electron chi connectivity index (χ3n) is 3.35. The predicted octanol–water partition coefficient (Wildman–Crippen LogP) is 1.38. The van der Waals surface area contributed by atoms with Crippen molar-refractivity contribution in [1.82, 2.24) is 5.32 Å². The molecule has 3 N–H and O–H groups in total. The third kappa shape index (κ3) is 3.39. The second kappa shape index (κ2) is 6.09. The highest BCUT2D eigenvalue weighted by atomic mass is 35.5. The molecular formula is C14H21ClN2O2. The minimum absolute atomic E-state index is 0.390. The van der Waals surface area contributed by atoms with Crippen LogP contribution < -0.4 is 10.2 Å². The molecule has 1 fully saturated rings. The maximum Gasteiger partial charge on any atom is 0.0990 e. The van der Waals surface area contributed by atoms with Crippen molar-refractivity contribution < 1.29 is 10.2 Å². The van der Waals surface area contributed by atoms with Gasteiger partial charge in [-0.25, -0.2) is 0 Å². The molecule has 1 aliphatic heterocycles.